The second-order valence-corrected chi connectivity index (χ2v) is 2.03. The Kier molecular flexibility index (Phi) is 4.92. The molecule has 2 N–H and O–H groups in total. The van der Waals surface area contributed by atoms with Gasteiger partial charge in [-0.25, -0.2) is 9.18 Å². The number of carbonyl (C=O) groups is 1. The number of carboxylic acid groups (broad SMARTS) is 1. The van der Waals surface area contributed by atoms with E-state index in [9.17, 15) is 9.18 Å². The molecular formula is C5H7BrFNO2. The lowest BCUT2D eigenvalue weighted by molar-refractivity contribution is 0.195. The summed E-state index contributed by atoms with van der Waals surface area (Å²) in [5.41, 5.74) is 0. The average molecular weight is 212 g/mol. The largest absolute Gasteiger partial charge is 0.465 e. The van der Waals surface area contributed by atoms with Crippen LogP contribution in [0.3, 0.4) is 0 Å². The van der Waals surface area contributed by atoms with Gasteiger partial charge < -0.3 is 10.4 Å². The number of rotatable bonds is 3. The van der Waals surface area contributed by atoms with Gasteiger partial charge in [-0.1, -0.05) is 15.9 Å². The summed E-state index contributed by atoms with van der Waals surface area (Å²) in [7, 11) is 0. The summed E-state index contributed by atoms with van der Waals surface area (Å²) in [5, 5.41) is 10.1. The first-order valence-electron chi connectivity index (χ1n) is 2.54. The molecule has 0 saturated carbocycles. The van der Waals surface area contributed by atoms with Gasteiger partial charge in [0.25, 0.3) is 0 Å². The second kappa shape index (κ2) is 5.22. The van der Waals surface area contributed by atoms with Crippen LogP contribution in [0.5, 0.6) is 0 Å². The predicted molar refractivity (Wildman–Crippen MR) is 39.0 cm³/mol. The fourth-order valence-corrected chi connectivity index (χ4v) is 0.533. The topological polar surface area (TPSA) is 49.3 Å². The zero-order chi connectivity index (χ0) is 7.98. The van der Waals surface area contributed by atoms with Gasteiger partial charge in [0.15, 0.2) is 0 Å². The fourth-order valence-electron chi connectivity index (χ4n) is 0.304. The molecule has 0 unspecified atom stereocenters. The highest BCUT2D eigenvalue weighted by Crippen LogP contribution is 1.98. The molecule has 1 amide bonds. The maximum atomic E-state index is 12.2. The third-order valence-corrected chi connectivity index (χ3v) is 1.24. The third kappa shape index (κ3) is 5.55. The Morgan fingerprint density at radius 3 is 2.80 bits per heavy atom. The van der Waals surface area contributed by atoms with Crippen molar-refractivity contribution in [2.24, 2.45) is 0 Å². The normalized spacial score (nSPS) is 11.2. The van der Waals surface area contributed by atoms with Gasteiger partial charge in [0.2, 0.25) is 0 Å². The van der Waals surface area contributed by atoms with Crippen LogP contribution < -0.4 is 5.32 Å². The first-order chi connectivity index (χ1) is 4.66. The van der Waals surface area contributed by atoms with Gasteiger partial charge in [-0.2, -0.15) is 0 Å². The molecule has 0 aromatic carbocycles. The summed E-state index contributed by atoms with van der Waals surface area (Å²) < 4.78 is 12.2. The van der Waals surface area contributed by atoms with E-state index in [1.165, 1.54) is 0 Å². The molecule has 3 nitrogen and oxygen atoms in total. The Balaban J connectivity index is 3.43. The van der Waals surface area contributed by atoms with E-state index in [-0.39, 0.29) is 17.7 Å². The number of amides is 1. The van der Waals surface area contributed by atoms with Crippen molar-refractivity contribution >= 4 is 22.0 Å². The van der Waals surface area contributed by atoms with Crippen molar-refractivity contribution in [2.45, 2.75) is 0 Å². The fraction of sp³-hybridized carbons (Fsp3) is 0.400. The SMILES string of the molecule is O=C(O)NC/C=C(\F)CBr. The van der Waals surface area contributed by atoms with Crippen LogP contribution in [0.2, 0.25) is 0 Å². The molecule has 0 aliphatic carbocycles. The minimum Gasteiger partial charge on any atom is -0.465 e. The van der Waals surface area contributed by atoms with Gasteiger partial charge in [-0.05, 0) is 6.08 Å². The molecular weight excluding hydrogens is 205 g/mol. The van der Waals surface area contributed by atoms with Crippen LogP contribution in [-0.2, 0) is 0 Å². The van der Waals surface area contributed by atoms with Gasteiger partial charge in [-0.3, -0.25) is 0 Å². The Hall–Kier alpha value is -0.580. The number of halogens is 2. The standard InChI is InChI=1S/C5H7BrFNO2/c6-3-4(7)1-2-8-5(9)10/h1,8H,2-3H2,(H,9,10)/b4-1-. The van der Waals surface area contributed by atoms with Crippen molar-refractivity contribution in [3.8, 4) is 0 Å². The molecule has 0 fully saturated rings. The quantitative estimate of drug-likeness (QED) is 0.696. The summed E-state index contributed by atoms with van der Waals surface area (Å²) in [6.07, 6.45) is 0.00157. The molecule has 0 atom stereocenters. The summed E-state index contributed by atoms with van der Waals surface area (Å²) in [6.45, 7) is 0.00671. The summed E-state index contributed by atoms with van der Waals surface area (Å²) in [6, 6.07) is 0. The van der Waals surface area contributed by atoms with Crippen molar-refractivity contribution < 1.29 is 14.3 Å². The number of alkyl halides is 1. The van der Waals surface area contributed by atoms with Crippen LogP contribution in [0, 0.1) is 0 Å². The van der Waals surface area contributed by atoms with E-state index in [0.29, 0.717) is 0 Å². The summed E-state index contributed by atoms with van der Waals surface area (Å²) >= 11 is 2.86. The molecule has 0 radical (unpaired) electrons. The number of allylic oxidation sites excluding steroid dienone is 1. The molecule has 58 valence electrons. The summed E-state index contributed by atoms with van der Waals surface area (Å²) in [4.78, 5) is 9.79. The molecule has 0 aliphatic rings. The molecule has 0 aromatic rings. The molecule has 0 aromatic heterocycles. The highest BCUT2D eigenvalue weighted by atomic mass is 79.9. The lowest BCUT2D eigenvalue weighted by Crippen LogP contribution is -2.20. The Morgan fingerprint density at radius 1 is 1.80 bits per heavy atom. The van der Waals surface area contributed by atoms with E-state index >= 15 is 0 Å². The Labute approximate surface area is 66.0 Å². The second-order valence-electron chi connectivity index (χ2n) is 1.47. The highest BCUT2D eigenvalue weighted by molar-refractivity contribution is 9.09. The predicted octanol–water partition coefficient (Wildman–Crippen LogP) is 1.50. The van der Waals surface area contributed by atoms with E-state index in [0.717, 1.165) is 6.08 Å². The van der Waals surface area contributed by atoms with E-state index in [1.54, 1.807) is 0 Å². The van der Waals surface area contributed by atoms with E-state index in [1.807, 2.05) is 5.32 Å². The van der Waals surface area contributed by atoms with Gasteiger partial charge in [0.1, 0.15) is 5.83 Å². The first-order valence-corrected chi connectivity index (χ1v) is 3.66. The maximum absolute atomic E-state index is 12.2. The molecule has 0 rings (SSSR count). The van der Waals surface area contributed by atoms with Crippen molar-refractivity contribution in [3.05, 3.63) is 11.9 Å². The monoisotopic (exact) mass is 211 g/mol. The van der Waals surface area contributed by atoms with Crippen LogP contribution >= 0.6 is 15.9 Å². The highest BCUT2D eigenvalue weighted by Gasteiger charge is 1.91. The van der Waals surface area contributed by atoms with Crippen molar-refractivity contribution in [2.75, 3.05) is 11.9 Å². The van der Waals surface area contributed by atoms with Gasteiger partial charge >= 0.3 is 6.09 Å². The zero-order valence-corrected chi connectivity index (χ0v) is 6.69. The van der Waals surface area contributed by atoms with Crippen LogP contribution in [-0.4, -0.2) is 23.1 Å². The molecule has 10 heavy (non-hydrogen) atoms. The van der Waals surface area contributed by atoms with E-state index in [2.05, 4.69) is 15.9 Å². The van der Waals surface area contributed by atoms with Crippen LogP contribution in [0.25, 0.3) is 0 Å². The van der Waals surface area contributed by atoms with E-state index in [4.69, 9.17) is 5.11 Å². The number of nitrogens with one attached hydrogen (secondary N) is 1. The Morgan fingerprint density at radius 2 is 2.40 bits per heavy atom. The minimum absolute atomic E-state index is 0.00671. The van der Waals surface area contributed by atoms with Crippen LogP contribution in [0.15, 0.2) is 11.9 Å². The van der Waals surface area contributed by atoms with Gasteiger partial charge in [0, 0.05) is 6.54 Å². The lowest BCUT2D eigenvalue weighted by Gasteiger charge is -1.92. The Bertz CT molecular complexity index is 149. The van der Waals surface area contributed by atoms with Crippen LogP contribution in [0.4, 0.5) is 9.18 Å². The van der Waals surface area contributed by atoms with Crippen molar-refractivity contribution in [1.29, 1.82) is 0 Å². The number of hydrogen-bond acceptors (Lipinski definition) is 1. The smallest absolute Gasteiger partial charge is 0.404 e. The summed E-state index contributed by atoms with van der Waals surface area (Å²) in [5.74, 6) is -0.381. The molecule has 0 spiro atoms. The molecule has 0 aliphatic heterocycles. The lowest BCUT2D eigenvalue weighted by atomic mass is 10.5. The van der Waals surface area contributed by atoms with E-state index < -0.39 is 6.09 Å². The molecule has 5 heteroatoms. The van der Waals surface area contributed by atoms with Gasteiger partial charge in [0.05, 0.1) is 5.33 Å². The van der Waals surface area contributed by atoms with Crippen molar-refractivity contribution in [1.82, 2.24) is 5.32 Å². The minimum atomic E-state index is -1.15. The molecule has 0 bridgehead atoms. The molecule has 0 heterocycles. The third-order valence-electron chi connectivity index (χ3n) is 0.704. The zero-order valence-electron chi connectivity index (χ0n) is 5.10. The van der Waals surface area contributed by atoms with Crippen molar-refractivity contribution in [3.63, 3.8) is 0 Å². The number of hydrogen-bond donors (Lipinski definition) is 2. The first kappa shape index (κ1) is 9.42. The maximum Gasteiger partial charge on any atom is 0.404 e. The molecule has 0 saturated heterocycles. The average Bonchev–Trinajstić information content (AvgIpc) is 1.87. The van der Waals surface area contributed by atoms with Crippen LogP contribution in [0.1, 0.15) is 0 Å². The van der Waals surface area contributed by atoms with Gasteiger partial charge in [-0.15, -0.1) is 0 Å².